The summed E-state index contributed by atoms with van der Waals surface area (Å²) in [4.78, 5) is 0. The van der Waals surface area contributed by atoms with Crippen LogP contribution in [0.25, 0.3) is 0 Å². The molecule has 0 radical (unpaired) electrons. The summed E-state index contributed by atoms with van der Waals surface area (Å²) in [6.07, 6.45) is 7.46. The van der Waals surface area contributed by atoms with E-state index in [1.165, 1.54) is 37.7 Å². The van der Waals surface area contributed by atoms with Gasteiger partial charge in [0, 0.05) is 0 Å². The van der Waals surface area contributed by atoms with Gasteiger partial charge in [-0.3, -0.25) is 0 Å². The lowest BCUT2D eigenvalue weighted by molar-refractivity contribution is 0.213. The van der Waals surface area contributed by atoms with Crippen LogP contribution >= 0.6 is 0 Å². The summed E-state index contributed by atoms with van der Waals surface area (Å²) in [6, 6.07) is 10.5. The third kappa shape index (κ3) is 10.6. The maximum Gasteiger partial charge on any atom is -0.0219 e. The molecule has 0 heterocycles. The lowest BCUT2D eigenvalue weighted by Gasteiger charge is -2.30. The molecule has 0 amide bonds. The minimum absolute atomic E-state index is 0. The van der Waals surface area contributed by atoms with Crippen LogP contribution in [0.4, 0.5) is 0 Å². The molecule has 0 saturated heterocycles. The van der Waals surface area contributed by atoms with Crippen LogP contribution in [-0.4, -0.2) is 0 Å². The quantitative estimate of drug-likeness (QED) is 0.525. The Balaban J connectivity index is 0. The molecule has 136 valence electrons. The molecule has 23 heavy (non-hydrogen) atoms. The third-order valence-corrected chi connectivity index (χ3v) is 4.91. The molecule has 0 unspecified atom stereocenters. The summed E-state index contributed by atoms with van der Waals surface area (Å²) in [7, 11) is 0. The topological polar surface area (TPSA) is 0 Å². The predicted octanol–water partition coefficient (Wildman–Crippen LogP) is 8.33. The fourth-order valence-corrected chi connectivity index (χ4v) is 3.04. The van der Waals surface area contributed by atoms with Crippen LogP contribution in [0.1, 0.15) is 99.5 Å². The molecule has 0 nitrogen and oxygen atoms in total. The largest absolute Gasteiger partial charge is 0.0776 e. The normalized spacial score (nSPS) is 15.7. The summed E-state index contributed by atoms with van der Waals surface area (Å²) in [5.41, 5.74) is 1.41. The van der Waals surface area contributed by atoms with Gasteiger partial charge in [0.1, 0.15) is 0 Å². The molecule has 0 aliphatic heterocycles. The van der Waals surface area contributed by atoms with Crippen molar-refractivity contribution >= 4 is 0 Å². The van der Waals surface area contributed by atoms with Crippen molar-refractivity contribution in [3.05, 3.63) is 35.9 Å². The average Bonchev–Trinajstić information content (AvgIpc) is 2.58. The zero-order valence-corrected chi connectivity index (χ0v) is 16.2. The number of benzene rings is 1. The van der Waals surface area contributed by atoms with E-state index in [9.17, 15) is 0 Å². The standard InChI is InChI=1S/C11H22.C9H12.C2H6.CH4/c1-9(2)10(3)11-7-5-4-6-8-11;1-8(2)9-6-4-3-5-7-9;1-2;/h9-11H,4-8H2,1-3H3;3-8H,1-2H3;1-2H3;1H4/t10-;;;/m0.../s1. The van der Waals surface area contributed by atoms with Gasteiger partial charge in [0.25, 0.3) is 0 Å². The maximum atomic E-state index is 2.43. The average molecular weight is 321 g/mol. The van der Waals surface area contributed by atoms with Gasteiger partial charge in [-0.05, 0) is 29.2 Å². The van der Waals surface area contributed by atoms with Crippen molar-refractivity contribution < 1.29 is 0 Å². The van der Waals surface area contributed by atoms with E-state index in [0.717, 1.165) is 17.8 Å². The van der Waals surface area contributed by atoms with E-state index in [2.05, 4.69) is 58.9 Å². The second-order valence-corrected chi connectivity index (χ2v) is 7.07. The van der Waals surface area contributed by atoms with Gasteiger partial charge in [0.15, 0.2) is 0 Å². The highest BCUT2D eigenvalue weighted by atomic mass is 14.3. The van der Waals surface area contributed by atoms with E-state index in [4.69, 9.17) is 0 Å². The highest BCUT2D eigenvalue weighted by Crippen LogP contribution is 2.33. The summed E-state index contributed by atoms with van der Waals surface area (Å²) < 4.78 is 0. The SMILES string of the molecule is C.CC.CC(C)[C@H](C)C1CCCCC1.CC(C)c1ccccc1. The summed E-state index contributed by atoms with van der Waals surface area (Å²) in [6.45, 7) is 15.6. The molecule has 0 bridgehead atoms. The van der Waals surface area contributed by atoms with E-state index >= 15 is 0 Å². The zero-order valence-electron chi connectivity index (χ0n) is 16.2. The van der Waals surface area contributed by atoms with Gasteiger partial charge in [-0.25, -0.2) is 0 Å². The minimum atomic E-state index is 0. The van der Waals surface area contributed by atoms with Crippen LogP contribution in [0.2, 0.25) is 0 Å². The smallest absolute Gasteiger partial charge is 0.0219 e. The van der Waals surface area contributed by atoms with Gasteiger partial charge >= 0.3 is 0 Å². The molecule has 1 aliphatic rings. The van der Waals surface area contributed by atoms with Gasteiger partial charge in [-0.2, -0.15) is 0 Å². The van der Waals surface area contributed by atoms with Crippen LogP contribution < -0.4 is 0 Å². The van der Waals surface area contributed by atoms with Crippen molar-refractivity contribution in [1.82, 2.24) is 0 Å². The molecule has 1 aliphatic carbocycles. The first-order chi connectivity index (χ1) is 10.5. The van der Waals surface area contributed by atoms with Gasteiger partial charge in [-0.15, -0.1) is 0 Å². The zero-order chi connectivity index (χ0) is 17.0. The first kappa shape index (κ1) is 24.5. The molecule has 1 atom stereocenters. The van der Waals surface area contributed by atoms with Crippen LogP contribution in [0, 0.1) is 17.8 Å². The van der Waals surface area contributed by atoms with Crippen LogP contribution in [0.15, 0.2) is 30.3 Å². The highest BCUT2D eigenvalue weighted by molar-refractivity contribution is 5.17. The highest BCUT2D eigenvalue weighted by Gasteiger charge is 2.21. The van der Waals surface area contributed by atoms with Gasteiger partial charge in [0.05, 0.1) is 0 Å². The molecule has 0 aromatic heterocycles. The van der Waals surface area contributed by atoms with Crippen molar-refractivity contribution in [2.75, 3.05) is 0 Å². The molecule has 1 aromatic carbocycles. The summed E-state index contributed by atoms with van der Waals surface area (Å²) in [5, 5.41) is 0. The third-order valence-electron chi connectivity index (χ3n) is 4.91. The molecular formula is C23H44. The Kier molecular flexibility index (Phi) is 15.7. The molecular weight excluding hydrogens is 276 g/mol. The fourth-order valence-electron chi connectivity index (χ4n) is 3.04. The van der Waals surface area contributed by atoms with Crippen molar-refractivity contribution in [3.63, 3.8) is 0 Å². The van der Waals surface area contributed by atoms with E-state index in [1.54, 1.807) is 0 Å². The monoisotopic (exact) mass is 320 g/mol. The van der Waals surface area contributed by atoms with Crippen molar-refractivity contribution in [1.29, 1.82) is 0 Å². The van der Waals surface area contributed by atoms with Crippen molar-refractivity contribution in [3.8, 4) is 0 Å². The molecule has 1 saturated carbocycles. The minimum Gasteiger partial charge on any atom is -0.0776 e. The predicted molar refractivity (Wildman–Crippen MR) is 109 cm³/mol. The number of hydrogen-bond acceptors (Lipinski definition) is 0. The van der Waals surface area contributed by atoms with Crippen LogP contribution in [0.3, 0.4) is 0 Å². The molecule has 1 aromatic rings. The van der Waals surface area contributed by atoms with E-state index in [0.29, 0.717) is 5.92 Å². The Bertz CT molecular complexity index is 330. The summed E-state index contributed by atoms with van der Waals surface area (Å²) in [5.74, 6) is 3.54. The number of hydrogen-bond donors (Lipinski definition) is 0. The van der Waals surface area contributed by atoms with Gasteiger partial charge < -0.3 is 0 Å². The first-order valence-electron chi connectivity index (χ1n) is 9.57. The second kappa shape index (κ2) is 14.8. The lowest BCUT2D eigenvalue weighted by atomic mass is 9.76. The molecule has 0 N–H and O–H groups in total. The van der Waals surface area contributed by atoms with Crippen LogP contribution in [-0.2, 0) is 0 Å². The Hall–Kier alpha value is -0.780. The Morgan fingerprint density at radius 1 is 0.783 bits per heavy atom. The molecule has 1 fully saturated rings. The lowest BCUT2D eigenvalue weighted by Crippen LogP contribution is -2.19. The second-order valence-electron chi connectivity index (χ2n) is 7.07. The number of rotatable bonds is 3. The van der Waals surface area contributed by atoms with Crippen molar-refractivity contribution in [2.45, 2.75) is 93.9 Å². The maximum absolute atomic E-state index is 2.43. The van der Waals surface area contributed by atoms with Gasteiger partial charge in [0.2, 0.25) is 0 Å². The Morgan fingerprint density at radius 3 is 1.61 bits per heavy atom. The van der Waals surface area contributed by atoms with Crippen molar-refractivity contribution in [2.24, 2.45) is 17.8 Å². The fraction of sp³-hybridized carbons (Fsp3) is 0.739. The first-order valence-corrected chi connectivity index (χ1v) is 9.57. The van der Waals surface area contributed by atoms with E-state index < -0.39 is 0 Å². The van der Waals surface area contributed by atoms with E-state index in [1.807, 2.05) is 19.9 Å². The Morgan fingerprint density at radius 2 is 1.26 bits per heavy atom. The summed E-state index contributed by atoms with van der Waals surface area (Å²) >= 11 is 0. The Labute approximate surface area is 148 Å². The van der Waals surface area contributed by atoms with E-state index in [-0.39, 0.29) is 7.43 Å². The van der Waals surface area contributed by atoms with Crippen LogP contribution in [0.5, 0.6) is 0 Å². The molecule has 0 heteroatoms. The molecule has 2 rings (SSSR count). The van der Waals surface area contributed by atoms with Gasteiger partial charge in [-0.1, -0.05) is 118 Å². The molecule has 0 spiro atoms.